The van der Waals surface area contributed by atoms with Gasteiger partial charge in [0.05, 0.1) is 11.6 Å². The first kappa shape index (κ1) is 24.2. The third kappa shape index (κ3) is 6.78. The van der Waals surface area contributed by atoms with Gasteiger partial charge in [-0.2, -0.15) is 4.98 Å². The van der Waals surface area contributed by atoms with Crippen LogP contribution in [0, 0.1) is 17.8 Å². The number of halogens is 1. The lowest BCUT2D eigenvalue weighted by molar-refractivity contribution is -0.126. The van der Waals surface area contributed by atoms with E-state index in [9.17, 15) is 4.79 Å². The van der Waals surface area contributed by atoms with Crippen molar-refractivity contribution in [1.29, 1.82) is 0 Å². The molecule has 1 aromatic heterocycles. The molecular weight excluding hydrogens is 438 g/mol. The Labute approximate surface area is 201 Å². The van der Waals surface area contributed by atoms with Crippen LogP contribution in [0.25, 0.3) is 11.4 Å². The number of piperidine rings is 2. The summed E-state index contributed by atoms with van der Waals surface area (Å²) in [6.45, 7) is 11.2. The van der Waals surface area contributed by atoms with Crippen LogP contribution in [-0.4, -0.2) is 65.1 Å². The maximum absolute atomic E-state index is 12.6. The number of hydrogen-bond donors (Lipinski definition) is 1. The van der Waals surface area contributed by atoms with Gasteiger partial charge in [-0.1, -0.05) is 42.7 Å². The number of rotatable bonds is 8. The molecule has 1 N–H and O–H groups in total. The maximum Gasteiger partial charge on any atom is 0.241 e. The van der Waals surface area contributed by atoms with Gasteiger partial charge in [-0.3, -0.25) is 9.69 Å². The van der Waals surface area contributed by atoms with Gasteiger partial charge in [0, 0.05) is 31.1 Å². The molecule has 0 saturated carbocycles. The van der Waals surface area contributed by atoms with Crippen LogP contribution in [0.3, 0.4) is 0 Å². The molecule has 1 amide bonds. The van der Waals surface area contributed by atoms with E-state index in [1.807, 2.05) is 24.3 Å². The van der Waals surface area contributed by atoms with Gasteiger partial charge in [-0.25, -0.2) is 0 Å². The Morgan fingerprint density at radius 1 is 1.15 bits per heavy atom. The highest BCUT2D eigenvalue weighted by Crippen LogP contribution is 2.26. The Balaban J connectivity index is 1.15. The fourth-order valence-corrected chi connectivity index (χ4v) is 5.47. The molecule has 0 aliphatic carbocycles. The van der Waals surface area contributed by atoms with Crippen LogP contribution >= 0.6 is 11.6 Å². The topological polar surface area (TPSA) is 74.5 Å². The second-order valence-corrected chi connectivity index (χ2v) is 10.3. The number of amides is 1. The van der Waals surface area contributed by atoms with E-state index >= 15 is 0 Å². The highest BCUT2D eigenvalue weighted by Gasteiger charge is 2.26. The van der Waals surface area contributed by atoms with Crippen LogP contribution in [-0.2, 0) is 11.3 Å². The largest absolute Gasteiger partial charge is 0.356 e. The normalized spacial score (nSPS) is 23.0. The van der Waals surface area contributed by atoms with Gasteiger partial charge in [-0.05, 0) is 69.3 Å². The summed E-state index contributed by atoms with van der Waals surface area (Å²) in [5.74, 6) is 2.95. The predicted molar refractivity (Wildman–Crippen MR) is 130 cm³/mol. The SMILES string of the molecule is CC1CC(C)CN(CCCNC(=O)C2CCN(Cc3nc(-c4ccccc4Cl)no3)CC2)C1. The molecule has 8 heteroatoms. The van der Waals surface area contributed by atoms with Crippen LogP contribution in [0.4, 0.5) is 0 Å². The van der Waals surface area contributed by atoms with Crippen molar-refractivity contribution in [1.82, 2.24) is 25.3 Å². The second kappa shape index (κ2) is 11.4. The van der Waals surface area contributed by atoms with E-state index in [4.69, 9.17) is 16.1 Å². The standard InChI is InChI=1S/C25H36ClN5O2/c1-18-14-19(2)16-31(15-18)11-5-10-27-25(32)20-8-12-30(13-9-20)17-23-28-24(29-33-23)21-6-3-4-7-22(21)26/h3-4,6-7,18-20H,5,8-17H2,1-2H3,(H,27,32). The molecule has 7 nitrogen and oxygen atoms in total. The first-order valence-corrected chi connectivity index (χ1v) is 12.7. The predicted octanol–water partition coefficient (Wildman–Crippen LogP) is 4.09. The van der Waals surface area contributed by atoms with Crippen molar-refractivity contribution in [2.45, 2.75) is 46.1 Å². The van der Waals surface area contributed by atoms with Crippen molar-refractivity contribution >= 4 is 17.5 Å². The molecule has 180 valence electrons. The summed E-state index contributed by atoms with van der Waals surface area (Å²) in [5, 5.41) is 7.85. The lowest BCUT2D eigenvalue weighted by Crippen LogP contribution is -2.42. The van der Waals surface area contributed by atoms with Crippen molar-refractivity contribution in [3.63, 3.8) is 0 Å². The number of hydrogen-bond acceptors (Lipinski definition) is 6. The molecule has 4 rings (SSSR count). The van der Waals surface area contributed by atoms with Gasteiger partial charge in [0.1, 0.15) is 0 Å². The van der Waals surface area contributed by atoms with Crippen LogP contribution in [0.5, 0.6) is 0 Å². The molecule has 2 aromatic rings. The number of aromatic nitrogens is 2. The number of likely N-dealkylation sites (tertiary alicyclic amines) is 2. The Bertz CT molecular complexity index is 902. The number of nitrogens with zero attached hydrogens (tertiary/aromatic N) is 4. The minimum Gasteiger partial charge on any atom is -0.356 e. The smallest absolute Gasteiger partial charge is 0.241 e. The molecule has 0 radical (unpaired) electrons. The van der Waals surface area contributed by atoms with Crippen molar-refractivity contribution in [2.75, 3.05) is 39.3 Å². The summed E-state index contributed by atoms with van der Waals surface area (Å²) in [7, 11) is 0. The number of carbonyl (C=O) groups is 1. The van der Waals surface area contributed by atoms with E-state index in [0.717, 1.165) is 62.8 Å². The minimum atomic E-state index is 0.0950. The van der Waals surface area contributed by atoms with Gasteiger partial charge >= 0.3 is 0 Å². The molecular formula is C25H36ClN5O2. The average Bonchev–Trinajstić information content (AvgIpc) is 3.25. The van der Waals surface area contributed by atoms with Crippen LogP contribution in [0.2, 0.25) is 5.02 Å². The van der Waals surface area contributed by atoms with Crippen LogP contribution < -0.4 is 5.32 Å². The van der Waals surface area contributed by atoms with E-state index in [1.165, 1.54) is 19.5 Å². The summed E-state index contributed by atoms with van der Waals surface area (Å²) < 4.78 is 5.44. The van der Waals surface area contributed by atoms with Crippen molar-refractivity contribution in [3.05, 3.63) is 35.2 Å². The van der Waals surface area contributed by atoms with E-state index in [-0.39, 0.29) is 11.8 Å². The Morgan fingerprint density at radius 2 is 1.88 bits per heavy atom. The lowest BCUT2D eigenvalue weighted by Gasteiger charge is -2.35. The summed E-state index contributed by atoms with van der Waals surface area (Å²) >= 11 is 6.23. The number of benzene rings is 1. The third-order valence-electron chi connectivity index (χ3n) is 6.79. The highest BCUT2D eigenvalue weighted by atomic mass is 35.5. The highest BCUT2D eigenvalue weighted by molar-refractivity contribution is 6.33. The molecule has 3 heterocycles. The molecule has 2 aliphatic heterocycles. The van der Waals surface area contributed by atoms with Gasteiger partial charge in [-0.15, -0.1) is 0 Å². The Morgan fingerprint density at radius 3 is 2.61 bits per heavy atom. The molecule has 2 saturated heterocycles. The zero-order valence-corrected chi connectivity index (χ0v) is 20.6. The first-order chi connectivity index (χ1) is 16.0. The molecule has 2 atom stereocenters. The molecule has 2 unspecified atom stereocenters. The quantitative estimate of drug-likeness (QED) is 0.582. The monoisotopic (exact) mass is 473 g/mol. The van der Waals surface area contributed by atoms with Gasteiger partial charge in [0.15, 0.2) is 0 Å². The van der Waals surface area contributed by atoms with Crippen molar-refractivity contribution < 1.29 is 9.32 Å². The van der Waals surface area contributed by atoms with E-state index in [2.05, 4.69) is 39.1 Å². The molecule has 0 spiro atoms. The number of nitrogens with one attached hydrogen (secondary N) is 1. The molecule has 33 heavy (non-hydrogen) atoms. The average molecular weight is 474 g/mol. The first-order valence-electron chi connectivity index (χ1n) is 12.3. The maximum atomic E-state index is 12.6. The second-order valence-electron chi connectivity index (χ2n) is 9.89. The van der Waals surface area contributed by atoms with Gasteiger partial charge in [0.25, 0.3) is 0 Å². The fourth-order valence-electron chi connectivity index (χ4n) is 5.25. The van der Waals surface area contributed by atoms with Crippen LogP contribution in [0.1, 0.15) is 45.4 Å². The van der Waals surface area contributed by atoms with Crippen molar-refractivity contribution in [2.24, 2.45) is 17.8 Å². The molecule has 2 aliphatic rings. The molecule has 2 fully saturated rings. The van der Waals surface area contributed by atoms with E-state index in [1.54, 1.807) is 0 Å². The Hall–Kier alpha value is -1.96. The fraction of sp³-hybridized carbons (Fsp3) is 0.640. The Kier molecular flexibility index (Phi) is 8.39. The third-order valence-corrected chi connectivity index (χ3v) is 7.12. The van der Waals surface area contributed by atoms with E-state index < -0.39 is 0 Å². The number of carbonyl (C=O) groups excluding carboxylic acids is 1. The summed E-state index contributed by atoms with van der Waals surface area (Å²) in [6.07, 6.45) is 4.08. The zero-order valence-electron chi connectivity index (χ0n) is 19.8. The lowest BCUT2D eigenvalue weighted by atomic mass is 9.92. The summed E-state index contributed by atoms with van der Waals surface area (Å²) in [4.78, 5) is 21.9. The summed E-state index contributed by atoms with van der Waals surface area (Å²) in [6, 6.07) is 7.48. The van der Waals surface area contributed by atoms with Crippen LogP contribution in [0.15, 0.2) is 28.8 Å². The van der Waals surface area contributed by atoms with Gasteiger partial charge < -0.3 is 14.7 Å². The summed E-state index contributed by atoms with van der Waals surface area (Å²) in [5.41, 5.74) is 0.772. The van der Waals surface area contributed by atoms with Gasteiger partial charge in [0.2, 0.25) is 17.6 Å². The minimum absolute atomic E-state index is 0.0950. The van der Waals surface area contributed by atoms with Crippen molar-refractivity contribution in [3.8, 4) is 11.4 Å². The zero-order chi connectivity index (χ0) is 23.2. The van der Waals surface area contributed by atoms with E-state index in [0.29, 0.717) is 23.3 Å². The molecule has 1 aromatic carbocycles. The molecule has 0 bridgehead atoms.